The molecule has 1 fully saturated rings. The van der Waals surface area contributed by atoms with Crippen molar-refractivity contribution in [1.29, 1.82) is 0 Å². The molecule has 120 valence electrons. The molecule has 1 unspecified atom stereocenters. The highest BCUT2D eigenvalue weighted by Gasteiger charge is 2.20. The number of nitrogens with zero attached hydrogens (tertiary/aromatic N) is 2. The number of nitrogens with two attached hydrogens (primary N) is 1. The number of hydrogen-bond donors (Lipinski definition) is 2. The molecular weight excluding hydrogens is 311 g/mol. The Morgan fingerprint density at radius 1 is 1.43 bits per heavy atom. The Morgan fingerprint density at radius 3 is 2.71 bits per heavy atom. The summed E-state index contributed by atoms with van der Waals surface area (Å²) in [7, 11) is 0. The van der Waals surface area contributed by atoms with Crippen LogP contribution in [0.4, 0.5) is 5.82 Å². The molecule has 0 saturated carbocycles. The Kier molecular flexibility index (Phi) is 9.33. The van der Waals surface area contributed by atoms with E-state index < -0.39 is 0 Å². The Morgan fingerprint density at radius 2 is 2.10 bits per heavy atom. The van der Waals surface area contributed by atoms with E-state index in [0.29, 0.717) is 12.1 Å². The molecule has 0 aromatic carbocycles. The number of pyridine rings is 1. The minimum Gasteiger partial charge on any atom is -0.356 e. The van der Waals surface area contributed by atoms with E-state index >= 15 is 0 Å². The first kappa shape index (κ1) is 20.0. The van der Waals surface area contributed by atoms with Crippen LogP contribution in [0.2, 0.25) is 0 Å². The molecule has 0 spiro atoms. The Labute approximate surface area is 138 Å². The normalized spacial score (nSPS) is 14.9. The second-order valence-electron chi connectivity index (χ2n) is 5.09. The van der Waals surface area contributed by atoms with Gasteiger partial charge in [0, 0.05) is 31.9 Å². The summed E-state index contributed by atoms with van der Waals surface area (Å²) in [6.07, 6.45) is 4.86. The van der Waals surface area contributed by atoms with Crippen LogP contribution in [0.5, 0.6) is 0 Å². The molecule has 0 bridgehead atoms. The molecule has 1 aliphatic rings. The lowest BCUT2D eigenvalue weighted by atomic mass is 10.2. The molecule has 1 atom stereocenters. The number of carbonyl (C=O) groups is 1. The van der Waals surface area contributed by atoms with Crippen molar-refractivity contribution < 1.29 is 4.79 Å². The van der Waals surface area contributed by atoms with E-state index in [0.717, 1.165) is 25.3 Å². The summed E-state index contributed by atoms with van der Waals surface area (Å²) in [4.78, 5) is 18.7. The topological polar surface area (TPSA) is 71.2 Å². The van der Waals surface area contributed by atoms with Crippen LogP contribution >= 0.6 is 24.8 Å². The van der Waals surface area contributed by atoms with Crippen molar-refractivity contribution in [3.05, 3.63) is 23.9 Å². The van der Waals surface area contributed by atoms with Gasteiger partial charge in [-0.15, -0.1) is 24.8 Å². The molecule has 1 saturated heterocycles. The van der Waals surface area contributed by atoms with E-state index in [1.165, 1.54) is 12.8 Å². The molecule has 5 nitrogen and oxygen atoms in total. The number of nitrogens with one attached hydrogen (secondary N) is 1. The van der Waals surface area contributed by atoms with Gasteiger partial charge in [-0.2, -0.15) is 0 Å². The quantitative estimate of drug-likeness (QED) is 0.863. The van der Waals surface area contributed by atoms with Crippen molar-refractivity contribution >= 4 is 36.5 Å². The SMILES string of the molecule is CC(N)CCNC(=O)c1cccnc1N1CCCC1.Cl.Cl. The third-order valence-corrected chi connectivity index (χ3v) is 3.32. The zero-order valence-electron chi connectivity index (χ0n) is 12.2. The minimum atomic E-state index is -0.0596. The van der Waals surface area contributed by atoms with E-state index in [9.17, 15) is 4.79 Å². The maximum atomic E-state index is 12.2. The van der Waals surface area contributed by atoms with Gasteiger partial charge in [0.1, 0.15) is 5.82 Å². The second kappa shape index (κ2) is 9.82. The predicted molar refractivity (Wildman–Crippen MR) is 90.8 cm³/mol. The van der Waals surface area contributed by atoms with Gasteiger partial charge in [0.15, 0.2) is 0 Å². The Balaban J connectivity index is 0.00000200. The van der Waals surface area contributed by atoms with Crippen molar-refractivity contribution in [3.8, 4) is 0 Å². The number of halogens is 2. The summed E-state index contributed by atoms with van der Waals surface area (Å²) in [6, 6.07) is 3.74. The zero-order valence-corrected chi connectivity index (χ0v) is 13.9. The van der Waals surface area contributed by atoms with Crippen LogP contribution in [0, 0.1) is 0 Å². The Bertz CT molecular complexity index is 437. The molecule has 3 N–H and O–H groups in total. The Hall–Kier alpha value is -1.04. The van der Waals surface area contributed by atoms with E-state index in [-0.39, 0.29) is 36.8 Å². The van der Waals surface area contributed by atoms with E-state index in [1.54, 1.807) is 12.3 Å². The number of aromatic nitrogens is 1. The van der Waals surface area contributed by atoms with Crippen molar-refractivity contribution in [2.45, 2.75) is 32.2 Å². The van der Waals surface area contributed by atoms with Crippen LogP contribution in [-0.2, 0) is 0 Å². The summed E-state index contributed by atoms with van der Waals surface area (Å²) in [5.74, 6) is 0.744. The lowest BCUT2D eigenvalue weighted by Gasteiger charge is -2.19. The molecular formula is C14H24Cl2N4O. The third kappa shape index (κ3) is 5.69. The van der Waals surface area contributed by atoms with Gasteiger partial charge in [-0.05, 0) is 38.3 Å². The number of rotatable bonds is 5. The summed E-state index contributed by atoms with van der Waals surface area (Å²) in [5, 5.41) is 2.91. The number of hydrogen-bond acceptors (Lipinski definition) is 4. The molecule has 21 heavy (non-hydrogen) atoms. The van der Waals surface area contributed by atoms with Crippen LogP contribution in [0.1, 0.15) is 36.5 Å². The first-order chi connectivity index (χ1) is 9.18. The lowest BCUT2D eigenvalue weighted by molar-refractivity contribution is 0.0953. The van der Waals surface area contributed by atoms with Gasteiger partial charge in [0.2, 0.25) is 0 Å². The van der Waals surface area contributed by atoms with Gasteiger partial charge in [-0.1, -0.05) is 0 Å². The molecule has 0 aliphatic carbocycles. The van der Waals surface area contributed by atoms with Crippen LogP contribution in [0.15, 0.2) is 18.3 Å². The highest BCUT2D eigenvalue weighted by atomic mass is 35.5. The van der Waals surface area contributed by atoms with E-state index in [2.05, 4.69) is 15.2 Å². The van der Waals surface area contributed by atoms with Gasteiger partial charge < -0.3 is 16.0 Å². The second-order valence-corrected chi connectivity index (χ2v) is 5.09. The third-order valence-electron chi connectivity index (χ3n) is 3.32. The first-order valence-electron chi connectivity index (χ1n) is 6.92. The number of anilines is 1. The van der Waals surface area contributed by atoms with Crippen LogP contribution < -0.4 is 16.0 Å². The van der Waals surface area contributed by atoms with Gasteiger partial charge in [-0.25, -0.2) is 4.98 Å². The fourth-order valence-corrected chi connectivity index (χ4v) is 2.26. The lowest BCUT2D eigenvalue weighted by Crippen LogP contribution is -2.31. The van der Waals surface area contributed by atoms with Gasteiger partial charge >= 0.3 is 0 Å². The van der Waals surface area contributed by atoms with E-state index in [1.807, 2.05) is 13.0 Å². The van der Waals surface area contributed by atoms with Crippen LogP contribution in [0.25, 0.3) is 0 Å². The number of carbonyl (C=O) groups excluding carboxylic acids is 1. The summed E-state index contributed by atoms with van der Waals surface area (Å²) in [5.41, 5.74) is 6.34. The van der Waals surface area contributed by atoms with E-state index in [4.69, 9.17) is 5.73 Å². The van der Waals surface area contributed by atoms with Gasteiger partial charge in [0.05, 0.1) is 5.56 Å². The molecule has 1 aliphatic heterocycles. The maximum Gasteiger partial charge on any atom is 0.255 e. The largest absolute Gasteiger partial charge is 0.356 e. The van der Waals surface area contributed by atoms with Crippen molar-refractivity contribution in [2.24, 2.45) is 5.73 Å². The first-order valence-corrected chi connectivity index (χ1v) is 6.92. The maximum absolute atomic E-state index is 12.2. The molecule has 1 aromatic rings. The fraction of sp³-hybridized carbons (Fsp3) is 0.571. The van der Waals surface area contributed by atoms with Crippen molar-refractivity contribution in [2.75, 3.05) is 24.5 Å². The molecule has 2 rings (SSSR count). The standard InChI is InChI=1S/C14H22N4O.2ClH/c1-11(15)6-8-17-14(19)12-5-4-7-16-13(12)18-9-2-3-10-18;;/h4-5,7,11H,2-3,6,8-10,15H2,1H3,(H,17,19);2*1H. The van der Waals surface area contributed by atoms with Gasteiger partial charge in [-0.3, -0.25) is 4.79 Å². The van der Waals surface area contributed by atoms with Crippen molar-refractivity contribution in [1.82, 2.24) is 10.3 Å². The molecule has 1 aromatic heterocycles. The summed E-state index contributed by atoms with van der Waals surface area (Å²) in [6.45, 7) is 4.50. The van der Waals surface area contributed by atoms with Gasteiger partial charge in [0.25, 0.3) is 5.91 Å². The average molecular weight is 335 g/mol. The highest BCUT2D eigenvalue weighted by molar-refractivity contribution is 5.98. The highest BCUT2D eigenvalue weighted by Crippen LogP contribution is 2.21. The molecule has 7 heteroatoms. The van der Waals surface area contributed by atoms with Crippen LogP contribution in [-0.4, -0.2) is 36.6 Å². The number of amides is 1. The minimum absolute atomic E-state index is 0. The molecule has 2 heterocycles. The average Bonchev–Trinajstić information content (AvgIpc) is 2.92. The fourth-order valence-electron chi connectivity index (χ4n) is 2.26. The van der Waals surface area contributed by atoms with Crippen LogP contribution in [0.3, 0.4) is 0 Å². The summed E-state index contributed by atoms with van der Waals surface area (Å²) >= 11 is 0. The molecule has 0 radical (unpaired) electrons. The monoisotopic (exact) mass is 334 g/mol. The predicted octanol–water partition coefficient (Wildman–Crippen LogP) is 1.99. The molecule has 1 amide bonds. The zero-order chi connectivity index (χ0) is 13.7. The van der Waals surface area contributed by atoms with Crippen molar-refractivity contribution in [3.63, 3.8) is 0 Å². The smallest absolute Gasteiger partial charge is 0.255 e. The summed E-state index contributed by atoms with van der Waals surface area (Å²) < 4.78 is 0.